The van der Waals surface area contributed by atoms with E-state index in [1.807, 2.05) is 6.07 Å². The third-order valence-electron chi connectivity index (χ3n) is 3.89. The summed E-state index contributed by atoms with van der Waals surface area (Å²) >= 11 is 0. The van der Waals surface area contributed by atoms with Crippen molar-refractivity contribution in [3.63, 3.8) is 0 Å². The van der Waals surface area contributed by atoms with E-state index in [4.69, 9.17) is 4.74 Å². The minimum absolute atomic E-state index is 0.0583. The molecule has 0 saturated carbocycles. The monoisotopic (exact) mass is 287 g/mol. The summed E-state index contributed by atoms with van der Waals surface area (Å²) in [5.41, 5.74) is 3.25. The zero-order chi connectivity index (χ0) is 14.9. The average molecular weight is 287 g/mol. The predicted molar refractivity (Wildman–Crippen MR) is 80.6 cm³/mol. The molecule has 1 aliphatic heterocycles. The second-order valence-electron chi connectivity index (χ2n) is 6.20. The van der Waals surface area contributed by atoms with Crippen LogP contribution in [0.1, 0.15) is 32.3 Å². The fourth-order valence-corrected chi connectivity index (χ4v) is 2.76. The van der Waals surface area contributed by atoms with Crippen LogP contribution in [0.3, 0.4) is 0 Å². The van der Waals surface area contributed by atoms with Gasteiger partial charge in [-0.25, -0.2) is 4.68 Å². The highest BCUT2D eigenvalue weighted by atomic mass is 16.5. The zero-order valence-corrected chi connectivity index (χ0v) is 12.7. The van der Waals surface area contributed by atoms with Gasteiger partial charge in [0.25, 0.3) is 0 Å². The lowest BCUT2D eigenvalue weighted by Crippen LogP contribution is -2.40. The molecule has 1 fully saturated rings. The van der Waals surface area contributed by atoms with Crippen LogP contribution >= 0.6 is 0 Å². The highest BCUT2D eigenvalue weighted by molar-refractivity contribution is 5.57. The molecule has 0 radical (unpaired) electrons. The molecule has 0 bridgehead atoms. The van der Waals surface area contributed by atoms with Gasteiger partial charge in [0.2, 0.25) is 0 Å². The summed E-state index contributed by atoms with van der Waals surface area (Å²) in [6.45, 7) is 7.20. The highest BCUT2D eigenvalue weighted by Gasteiger charge is 2.28. The van der Waals surface area contributed by atoms with Gasteiger partial charge in [-0.1, -0.05) is 6.07 Å². The van der Waals surface area contributed by atoms with Crippen LogP contribution in [-0.4, -0.2) is 38.5 Å². The molecule has 2 aromatic rings. The fourth-order valence-electron chi connectivity index (χ4n) is 2.76. The van der Waals surface area contributed by atoms with Crippen molar-refractivity contribution < 1.29 is 4.74 Å². The van der Waals surface area contributed by atoms with Crippen LogP contribution in [0.4, 0.5) is 5.69 Å². The Labute approximate surface area is 124 Å². The van der Waals surface area contributed by atoms with E-state index in [1.165, 1.54) is 5.56 Å². The number of rotatable bonds is 3. The van der Waals surface area contributed by atoms with Gasteiger partial charge in [-0.05, 0) is 61.7 Å². The van der Waals surface area contributed by atoms with Gasteiger partial charge in [0.1, 0.15) is 6.33 Å². The summed E-state index contributed by atoms with van der Waals surface area (Å²) in [5.74, 6) is 0. The Bertz CT molecular complexity index is 609. The third kappa shape index (κ3) is 3.21. The number of aromatic nitrogens is 4. The maximum Gasteiger partial charge on any atom is 0.143 e. The van der Waals surface area contributed by atoms with E-state index in [9.17, 15) is 0 Å². The molecule has 0 aliphatic carbocycles. The Morgan fingerprint density at radius 2 is 2.24 bits per heavy atom. The van der Waals surface area contributed by atoms with Crippen molar-refractivity contribution >= 4 is 5.69 Å². The van der Waals surface area contributed by atoms with E-state index in [0.29, 0.717) is 6.04 Å². The molecule has 6 heteroatoms. The lowest BCUT2D eigenvalue weighted by atomic mass is 9.93. The maximum absolute atomic E-state index is 5.78. The molecule has 1 aliphatic rings. The smallest absolute Gasteiger partial charge is 0.143 e. The number of tetrazole rings is 1. The number of anilines is 1. The number of aryl methyl sites for hydroxylation is 1. The largest absolute Gasteiger partial charge is 0.382 e. The molecule has 1 N–H and O–H groups in total. The van der Waals surface area contributed by atoms with Crippen LogP contribution in [0.5, 0.6) is 0 Å². The van der Waals surface area contributed by atoms with Crippen molar-refractivity contribution in [2.45, 2.75) is 45.3 Å². The van der Waals surface area contributed by atoms with Crippen LogP contribution in [0.2, 0.25) is 0 Å². The molecule has 21 heavy (non-hydrogen) atoms. The van der Waals surface area contributed by atoms with Gasteiger partial charge in [0.05, 0.1) is 11.3 Å². The second kappa shape index (κ2) is 5.44. The van der Waals surface area contributed by atoms with Gasteiger partial charge in [0.15, 0.2) is 0 Å². The normalized spacial score (nSPS) is 21.2. The lowest BCUT2D eigenvalue weighted by molar-refractivity contribution is -0.0553. The van der Waals surface area contributed by atoms with Gasteiger partial charge in [-0.2, -0.15) is 0 Å². The van der Waals surface area contributed by atoms with E-state index in [-0.39, 0.29) is 5.60 Å². The summed E-state index contributed by atoms with van der Waals surface area (Å²) in [6.07, 6.45) is 3.63. The highest BCUT2D eigenvalue weighted by Crippen LogP contribution is 2.28. The van der Waals surface area contributed by atoms with Crippen LogP contribution in [0.25, 0.3) is 5.69 Å². The van der Waals surface area contributed by atoms with E-state index in [2.05, 4.69) is 53.7 Å². The van der Waals surface area contributed by atoms with Crippen molar-refractivity contribution in [2.75, 3.05) is 11.9 Å². The first-order valence-electron chi connectivity index (χ1n) is 7.28. The van der Waals surface area contributed by atoms with Gasteiger partial charge in [-0.15, -0.1) is 5.10 Å². The van der Waals surface area contributed by atoms with Gasteiger partial charge < -0.3 is 10.1 Å². The van der Waals surface area contributed by atoms with Crippen LogP contribution < -0.4 is 5.32 Å². The zero-order valence-electron chi connectivity index (χ0n) is 12.7. The number of ether oxygens (including phenoxy) is 1. The standard InChI is InChI=1S/C15H21N5O/c1-11-4-5-13(20-10-16-18-19-20)8-14(11)17-12-6-7-21-15(2,3)9-12/h4-5,8,10,12,17H,6-7,9H2,1-3H3. The Morgan fingerprint density at radius 1 is 1.38 bits per heavy atom. The molecule has 2 heterocycles. The molecule has 6 nitrogen and oxygen atoms in total. The molecule has 1 unspecified atom stereocenters. The fraction of sp³-hybridized carbons (Fsp3) is 0.533. The molecule has 1 aromatic heterocycles. The first-order valence-corrected chi connectivity index (χ1v) is 7.28. The first kappa shape index (κ1) is 14.0. The Kier molecular flexibility index (Phi) is 3.63. The Balaban J connectivity index is 1.80. The number of nitrogens with zero attached hydrogens (tertiary/aromatic N) is 4. The predicted octanol–water partition coefficient (Wildman–Crippen LogP) is 2.34. The molecule has 0 spiro atoms. The van der Waals surface area contributed by atoms with E-state index in [0.717, 1.165) is 30.8 Å². The Morgan fingerprint density at radius 3 is 2.95 bits per heavy atom. The first-order chi connectivity index (χ1) is 10.0. The average Bonchev–Trinajstić information content (AvgIpc) is 2.94. The number of hydrogen-bond donors (Lipinski definition) is 1. The second-order valence-corrected chi connectivity index (χ2v) is 6.20. The van der Waals surface area contributed by atoms with E-state index >= 15 is 0 Å². The quantitative estimate of drug-likeness (QED) is 0.938. The number of nitrogens with one attached hydrogen (secondary N) is 1. The maximum atomic E-state index is 5.78. The van der Waals surface area contributed by atoms with Gasteiger partial charge in [0, 0.05) is 18.3 Å². The number of hydrogen-bond acceptors (Lipinski definition) is 5. The topological polar surface area (TPSA) is 64.9 Å². The molecule has 1 aromatic carbocycles. The van der Waals surface area contributed by atoms with Crippen LogP contribution in [0, 0.1) is 6.92 Å². The summed E-state index contributed by atoms with van der Waals surface area (Å²) in [4.78, 5) is 0. The summed E-state index contributed by atoms with van der Waals surface area (Å²) < 4.78 is 7.44. The SMILES string of the molecule is Cc1ccc(-n2cnnn2)cc1NC1CCOC(C)(C)C1. The molecule has 1 atom stereocenters. The van der Waals surface area contributed by atoms with Crippen LogP contribution in [-0.2, 0) is 4.74 Å². The van der Waals surface area contributed by atoms with E-state index < -0.39 is 0 Å². The van der Waals surface area contributed by atoms with Crippen molar-refractivity contribution in [3.8, 4) is 5.69 Å². The molecular weight excluding hydrogens is 266 g/mol. The van der Waals surface area contributed by atoms with E-state index in [1.54, 1.807) is 11.0 Å². The van der Waals surface area contributed by atoms with Crippen LogP contribution in [0.15, 0.2) is 24.5 Å². The van der Waals surface area contributed by atoms with Crippen molar-refractivity contribution in [3.05, 3.63) is 30.1 Å². The minimum Gasteiger partial charge on any atom is -0.382 e. The molecule has 1 saturated heterocycles. The molecule has 0 amide bonds. The van der Waals surface area contributed by atoms with Crippen molar-refractivity contribution in [1.82, 2.24) is 20.2 Å². The number of benzene rings is 1. The van der Waals surface area contributed by atoms with Crippen molar-refractivity contribution in [1.29, 1.82) is 0 Å². The molecule has 3 rings (SSSR count). The summed E-state index contributed by atoms with van der Waals surface area (Å²) in [7, 11) is 0. The minimum atomic E-state index is -0.0583. The van der Waals surface area contributed by atoms with Gasteiger partial charge in [-0.3, -0.25) is 0 Å². The third-order valence-corrected chi connectivity index (χ3v) is 3.89. The molecular formula is C15H21N5O. The summed E-state index contributed by atoms with van der Waals surface area (Å²) in [6, 6.07) is 6.62. The summed E-state index contributed by atoms with van der Waals surface area (Å²) in [5, 5.41) is 14.9. The van der Waals surface area contributed by atoms with Crippen molar-refractivity contribution in [2.24, 2.45) is 0 Å². The Hall–Kier alpha value is -1.95. The molecule has 112 valence electrons. The van der Waals surface area contributed by atoms with Gasteiger partial charge >= 0.3 is 0 Å². The lowest BCUT2D eigenvalue weighted by Gasteiger charge is -2.36.